The number of hydrogen-bond donors (Lipinski definition) is 0. The average Bonchev–Trinajstić information content (AvgIpc) is 2.61. The Labute approximate surface area is 78.6 Å². The third-order valence-electron chi connectivity index (χ3n) is 4.61. The van der Waals surface area contributed by atoms with Crippen molar-refractivity contribution in [1.29, 1.82) is 0 Å². The van der Waals surface area contributed by atoms with Gasteiger partial charge in [-0.15, -0.1) is 0 Å². The summed E-state index contributed by atoms with van der Waals surface area (Å²) in [7, 11) is 1.81. The Morgan fingerprint density at radius 2 is 2.31 bits per heavy atom. The molecule has 0 unspecified atom stereocenters. The van der Waals surface area contributed by atoms with Crippen molar-refractivity contribution in [3.63, 3.8) is 0 Å². The standard InChI is InChI=1S/C11H16O2/c1-13-10-7-4-6-11(10)5-2-3-8(12)9(7)11/h7,9-10H,2-6H2,1H3/t7-,9-,10+,11+/m0/s1. The first kappa shape index (κ1) is 7.98. The second-order valence-electron chi connectivity index (χ2n) is 4.89. The molecule has 4 atom stereocenters. The Morgan fingerprint density at radius 3 is 3.08 bits per heavy atom. The van der Waals surface area contributed by atoms with Gasteiger partial charge < -0.3 is 4.74 Å². The third kappa shape index (κ3) is 0.723. The quantitative estimate of drug-likeness (QED) is 0.615. The van der Waals surface area contributed by atoms with Crippen LogP contribution in [0, 0.1) is 17.3 Å². The number of ketones is 1. The number of fused-ring (bicyclic) bond motifs is 1. The van der Waals surface area contributed by atoms with Crippen LogP contribution in [0.2, 0.25) is 0 Å². The highest BCUT2D eigenvalue weighted by atomic mass is 16.5. The Balaban J connectivity index is 1.95. The monoisotopic (exact) mass is 180 g/mol. The van der Waals surface area contributed by atoms with Crippen molar-refractivity contribution in [3.05, 3.63) is 0 Å². The van der Waals surface area contributed by atoms with E-state index < -0.39 is 0 Å². The van der Waals surface area contributed by atoms with E-state index in [0.717, 1.165) is 12.8 Å². The summed E-state index contributed by atoms with van der Waals surface area (Å²) in [5, 5.41) is 0. The zero-order chi connectivity index (χ0) is 9.05. The maximum Gasteiger partial charge on any atom is 0.137 e. The summed E-state index contributed by atoms with van der Waals surface area (Å²) in [6.45, 7) is 0. The topological polar surface area (TPSA) is 26.3 Å². The molecule has 4 fully saturated rings. The third-order valence-corrected chi connectivity index (χ3v) is 4.61. The maximum absolute atomic E-state index is 11.7. The second-order valence-corrected chi connectivity index (χ2v) is 4.89. The van der Waals surface area contributed by atoms with Gasteiger partial charge in [-0.25, -0.2) is 0 Å². The van der Waals surface area contributed by atoms with Gasteiger partial charge in [-0.1, -0.05) is 0 Å². The molecule has 72 valence electrons. The predicted octanol–water partition coefficient (Wildman–Crippen LogP) is 1.78. The number of rotatable bonds is 1. The molecule has 1 spiro atoms. The molecule has 0 aromatic carbocycles. The molecule has 4 rings (SSSR count). The SMILES string of the molecule is CO[C@@H]1[C@H]2CC[C@@]13CCCC(=O)[C@H]23. The molecule has 2 bridgehead atoms. The number of methoxy groups -OCH3 is 1. The van der Waals surface area contributed by atoms with E-state index in [-0.39, 0.29) is 0 Å². The molecule has 2 nitrogen and oxygen atoms in total. The zero-order valence-corrected chi connectivity index (χ0v) is 8.08. The largest absolute Gasteiger partial charge is 0.381 e. The van der Waals surface area contributed by atoms with Crippen molar-refractivity contribution in [2.45, 2.75) is 38.2 Å². The predicted molar refractivity (Wildman–Crippen MR) is 48.3 cm³/mol. The van der Waals surface area contributed by atoms with Gasteiger partial charge in [0.05, 0.1) is 6.10 Å². The van der Waals surface area contributed by atoms with E-state index in [1.807, 2.05) is 0 Å². The normalized spacial score (nSPS) is 53.0. The number of carbonyl (C=O) groups is 1. The summed E-state index contributed by atoms with van der Waals surface area (Å²) >= 11 is 0. The van der Waals surface area contributed by atoms with Gasteiger partial charge in [0.1, 0.15) is 5.78 Å². The Hall–Kier alpha value is -0.370. The van der Waals surface area contributed by atoms with Crippen molar-refractivity contribution in [3.8, 4) is 0 Å². The smallest absolute Gasteiger partial charge is 0.137 e. The summed E-state index contributed by atoms with van der Waals surface area (Å²) < 4.78 is 5.53. The molecular weight excluding hydrogens is 164 g/mol. The fourth-order valence-corrected chi connectivity index (χ4v) is 4.28. The van der Waals surface area contributed by atoms with Crippen LogP contribution >= 0.6 is 0 Å². The molecule has 4 saturated carbocycles. The van der Waals surface area contributed by atoms with Gasteiger partial charge in [0.15, 0.2) is 0 Å². The van der Waals surface area contributed by atoms with E-state index in [1.165, 1.54) is 19.3 Å². The van der Waals surface area contributed by atoms with Gasteiger partial charge in [0.25, 0.3) is 0 Å². The Morgan fingerprint density at radius 1 is 1.46 bits per heavy atom. The summed E-state index contributed by atoms with van der Waals surface area (Å²) in [5.41, 5.74) is 0.300. The van der Waals surface area contributed by atoms with E-state index in [0.29, 0.717) is 29.1 Å². The van der Waals surface area contributed by atoms with Crippen LogP contribution in [-0.4, -0.2) is 19.0 Å². The molecule has 13 heavy (non-hydrogen) atoms. The van der Waals surface area contributed by atoms with E-state index in [2.05, 4.69) is 0 Å². The summed E-state index contributed by atoms with van der Waals surface area (Å²) in [4.78, 5) is 11.7. The Kier molecular flexibility index (Phi) is 1.44. The first-order chi connectivity index (χ1) is 6.29. The second kappa shape index (κ2) is 2.35. The molecule has 4 aliphatic carbocycles. The molecule has 0 aromatic heterocycles. The van der Waals surface area contributed by atoms with Gasteiger partial charge in [-0.2, -0.15) is 0 Å². The number of ether oxygens (including phenoxy) is 1. The minimum atomic E-state index is 0.300. The van der Waals surface area contributed by atoms with E-state index >= 15 is 0 Å². The minimum Gasteiger partial charge on any atom is -0.381 e. The highest BCUT2D eigenvalue weighted by Gasteiger charge is 2.69. The van der Waals surface area contributed by atoms with Crippen molar-refractivity contribution >= 4 is 5.78 Å². The molecule has 0 aromatic rings. The highest BCUT2D eigenvalue weighted by Crippen LogP contribution is 2.68. The van der Waals surface area contributed by atoms with Crippen LogP contribution in [0.5, 0.6) is 0 Å². The lowest BCUT2D eigenvalue weighted by molar-refractivity contribution is -0.178. The van der Waals surface area contributed by atoms with E-state index in [4.69, 9.17) is 4.74 Å². The fraction of sp³-hybridized carbons (Fsp3) is 0.909. The van der Waals surface area contributed by atoms with Crippen LogP contribution in [0.25, 0.3) is 0 Å². The van der Waals surface area contributed by atoms with E-state index in [9.17, 15) is 4.79 Å². The Bertz CT molecular complexity index is 261. The molecule has 4 aliphatic rings. The highest BCUT2D eigenvalue weighted by molar-refractivity contribution is 5.85. The zero-order valence-electron chi connectivity index (χ0n) is 8.08. The molecule has 0 radical (unpaired) electrons. The first-order valence-electron chi connectivity index (χ1n) is 5.35. The molecular formula is C11H16O2. The number of carbonyl (C=O) groups excluding carboxylic acids is 1. The summed E-state index contributed by atoms with van der Waals surface area (Å²) in [6.07, 6.45) is 6.06. The van der Waals surface area contributed by atoms with Crippen molar-refractivity contribution < 1.29 is 9.53 Å². The van der Waals surface area contributed by atoms with Crippen LogP contribution in [-0.2, 0) is 9.53 Å². The molecule has 0 N–H and O–H groups in total. The fourth-order valence-electron chi connectivity index (χ4n) is 4.28. The summed E-state index contributed by atoms with van der Waals surface area (Å²) in [5.74, 6) is 1.51. The molecule has 0 saturated heterocycles. The van der Waals surface area contributed by atoms with Crippen LogP contribution in [0.1, 0.15) is 32.1 Å². The first-order valence-corrected chi connectivity index (χ1v) is 5.35. The molecule has 2 heteroatoms. The van der Waals surface area contributed by atoms with Gasteiger partial charge in [0.2, 0.25) is 0 Å². The number of hydrogen-bond acceptors (Lipinski definition) is 2. The van der Waals surface area contributed by atoms with Crippen LogP contribution in [0.15, 0.2) is 0 Å². The van der Waals surface area contributed by atoms with Gasteiger partial charge >= 0.3 is 0 Å². The van der Waals surface area contributed by atoms with Crippen molar-refractivity contribution in [2.24, 2.45) is 17.3 Å². The van der Waals surface area contributed by atoms with Crippen molar-refractivity contribution in [2.75, 3.05) is 7.11 Å². The lowest BCUT2D eigenvalue weighted by atomic mass is 9.51. The minimum absolute atomic E-state index is 0.300. The van der Waals surface area contributed by atoms with Gasteiger partial charge in [-0.05, 0) is 31.6 Å². The lowest BCUT2D eigenvalue weighted by Crippen LogP contribution is -2.60. The van der Waals surface area contributed by atoms with E-state index in [1.54, 1.807) is 7.11 Å². The molecule has 0 heterocycles. The molecule has 0 amide bonds. The number of Topliss-reactive ketones (excluding diaryl/α,β-unsaturated/α-hetero) is 1. The van der Waals surface area contributed by atoms with Crippen LogP contribution in [0.3, 0.4) is 0 Å². The summed E-state index contributed by atoms with van der Waals surface area (Å²) in [6, 6.07) is 0. The average molecular weight is 180 g/mol. The van der Waals surface area contributed by atoms with Crippen LogP contribution < -0.4 is 0 Å². The van der Waals surface area contributed by atoms with Gasteiger partial charge in [0, 0.05) is 24.9 Å². The lowest BCUT2D eigenvalue weighted by Gasteiger charge is -2.55. The maximum atomic E-state index is 11.7. The molecule has 0 aliphatic heterocycles. The van der Waals surface area contributed by atoms with Crippen molar-refractivity contribution in [1.82, 2.24) is 0 Å². The van der Waals surface area contributed by atoms with Gasteiger partial charge in [-0.3, -0.25) is 4.79 Å². The van der Waals surface area contributed by atoms with Crippen LogP contribution in [0.4, 0.5) is 0 Å².